The number of anilines is 1. The first-order valence-corrected chi connectivity index (χ1v) is 10.2. The van der Waals surface area contributed by atoms with Gasteiger partial charge in [-0.2, -0.15) is 0 Å². The second-order valence-electron chi connectivity index (χ2n) is 7.03. The van der Waals surface area contributed by atoms with Crippen molar-refractivity contribution in [2.45, 2.75) is 44.6 Å². The quantitative estimate of drug-likeness (QED) is 0.886. The molecule has 0 saturated heterocycles. The number of carbonyl (C=O) groups excluding carboxylic acids is 1. The molecule has 1 N–H and O–H groups in total. The number of hydrogen-bond donors (Lipinski definition) is 1. The normalized spacial score (nSPS) is 17.1. The molecule has 1 aromatic heterocycles. The molecule has 0 atom stereocenters. The number of aryl methyl sites for hydroxylation is 2. The van der Waals surface area contributed by atoms with Crippen LogP contribution < -0.4 is 4.72 Å². The summed E-state index contributed by atoms with van der Waals surface area (Å²) in [7, 11) is -3.78. The molecule has 138 valence electrons. The number of fused-ring (bicyclic) bond motifs is 1. The summed E-state index contributed by atoms with van der Waals surface area (Å²) >= 11 is 0. The van der Waals surface area contributed by atoms with Crippen LogP contribution in [0.2, 0.25) is 0 Å². The molecule has 0 radical (unpaired) electrons. The second kappa shape index (κ2) is 6.12. The van der Waals surface area contributed by atoms with Gasteiger partial charge in [-0.05, 0) is 56.4 Å². The predicted octanol–water partition coefficient (Wildman–Crippen LogP) is 2.39. The monoisotopic (exact) mass is 375 g/mol. The molecule has 1 aliphatic carbocycles. The van der Waals surface area contributed by atoms with Crippen LogP contribution in [0.1, 0.15) is 35.4 Å². The second-order valence-corrected chi connectivity index (χ2v) is 8.65. The van der Waals surface area contributed by atoms with E-state index in [9.17, 15) is 13.2 Å². The van der Waals surface area contributed by atoms with Crippen molar-refractivity contribution >= 4 is 21.6 Å². The number of amides is 1. The summed E-state index contributed by atoms with van der Waals surface area (Å²) < 4.78 is 32.9. The molecule has 1 fully saturated rings. The Balaban J connectivity index is 1.57. The fourth-order valence-corrected chi connectivity index (χ4v) is 4.84. The van der Waals surface area contributed by atoms with Gasteiger partial charge in [0.25, 0.3) is 10.0 Å². The zero-order valence-electron chi connectivity index (χ0n) is 14.8. The van der Waals surface area contributed by atoms with Crippen molar-refractivity contribution in [1.82, 2.24) is 10.1 Å². The molecule has 2 heterocycles. The topological polar surface area (TPSA) is 92.5 Å². The number of nitrogens with zero attached hydrogens (tertiary/aromatic N) is 2. The fraction of sp³-hybridized carbons (Fsp3) is 0.444. The average Bonchev–Trinajstić information content (AvgIpc) is 3.38. The highest BCUT2D eigenvalue weighted by Crippen LogP contribution is 2.33. The van der Waals surface area contributed by atoms with Gasteiger partial charge in [-0.15, -0.1) is 0 Å². The predicted molar refractivity (Wildman–Crippen MR) is 95.1 cm³/mol. The standard InChI is InChI=1S/C18H21N3O4S/c1-11-17(12(2)25-19-11)26(23,24)20-16-6-5-13-7-8-21(10-15(13)9-16)18(22)14-3-4-14/h5-6,9,14,20H,3-4,7-8,10H2,1-2H3. The van der Waals surface area contributed by atoms with Crippen molar-refractivity contribution in [1.29, 1.82) is 0 Å². The number of rotatable bonds is 4. The molecular formula is C18H21N3O4S. The highest BCUT2D eigenvalue weighted by molar-refractivity contribution is 7.92. The van der Waals surface area contributed by atoms with E-state index >= 15 is 0 Å². The lowest BCUT2D eigenvalue weighted by atomic mass is 9.99. The van der Waals surface area contributed by atoms with E-state index in [2.05, 4.69) is 9.88 Å². The Morgan fingerprint density at radius 1 is 1.27 bits per heavy atom. The van der Waals surface area contributed by atoms with Crippen LogP contribution in [0, 0.1) is 19.8 Å². The minimum absolute atomic E-state index is 0.0701. The van der Waals surface area contributed by atoms with Crippen molar-refractivity contribution < 1.29 is 17.7 Å². The highest BCUT2D eigenvalue weighted by Gasteiger charge is 2.34. The maximum atomic E-state index is 12.7. The summed E-state index contributed by atoms with van der Waals surface area (Å²) in [5.74, 6) is 0.671. The van der Waals surface area contributed by atoms with Gasteiger partial charge in [0.1, 0.15) is 5.69 Å². The third-order valence-corrected chi connectivity index (χ3v) is 6.57. The maximum absolute atomic E-state index is 12.7. The third-order valence-electron chi connectivity index (χ3n) is 4.95. The number of nitrogens with one attached hydrogen (secondary N) is 1. The van der Waals surface area contributed by atoms with E-state index in [-0.39, 0.29) is 22.5 Å². The molecule has 1 amide bonds. The van der Waals surface area contributed by atoms with Crippen LogP contribution in [-0.4, -0.2) is 30.9 Å². The minimum atomic E-state index is -3.78. The van der Waals surface area contributed by atoms with Crippen LogP contribution in [0.3, 0.4) is 0 Å². The molecular weight excluding hydrogens is 354 g/mol. The van der Waals surface area contributed by atoms with Crippen molar-refractivity contribution in [2.75, 3.05) is 11.3 Å². The Morgan fingerprint density at radius 3 is 2.69 bits per heavy atom. The Bertz CT molecular complexity index is 957. The minimum Gasteiger partial charge on any atom is -0.360 e. The van der Waals surface area contributed by atoms with Crippen LogP contribution >= 0.6 is 0 Å². The molecule has 1 saturated carbocycles. The summed E-state index contributed by atoms with van der Waals surface area (Å²) in [6.45, 7) is 4.43. The van der Waals surface area contributed by atoms with E-state index in [0.29, 0.717) is 17.9 Å². The average molecular weight is 375 g/mol. The van der Waals surface area contributed by atoms with Crippen LogP contribution in [0.5, 0.6) is 0 Å². The first-order chi connectivity index (χ1) is 12.3. The molecule has 1 aromatic carbocycles. The summed E-state index contributed by atoms with van der Waals surface area (Å²) in [6, 6.07) is 5.50. The molecule has 0 unspecified atom stereocenters. The van der Waals surface area contributed by atoms with Gasteiger partial charge in [0.15, 0.2) is 10.7 Å². The van der Waals surface area contributed by atoms with E-state index in [1.54, 1.807) is 19.9 Å². The zero-order chi connectivity index (χ0) is 18.5. The Labute approximate surface area is 152 Å². The number of hydrogen-bond acceptors (Lipinski definition) is 5. The first kappa shape index (κ1) is 17.1. The van der Waals surface area contributed by atoms with Crippen LogP contribution in [0.25, 0.3) is 0 Å². The van der Waals surface area contributed by atoms with Crippen LogP contribution in [0.15, 0.2) is 27.6 Å². The van der Waals surface area contributed by atoms with E-state index in [1.807, 2.05) is 17.0 Å². The molecule has 2 aromatic rings. The van der Waals surface area contributed by atoms with Gasteiger partial charge in [0.05, 0.1) is 0 Å². The molecule has 26 heavy (non-hydrogen) atoms. The SMILES string of the molecule is Cc1noc(C)c1S(=O)(=O)Nc1ccc2c(c1)CN(C(=O)C1CC1)CC2. The van der Waals surface area contributed by atoms with Crippen molar-refractivity contribution in [3.8, 4) is 0 Å². The Kier molecular flexibility index (Phi) is 4.02. The number of carbonyl (C=O) groups is 1. The van der Waals surface area contributed by atoms with Gasteiger partial charge in [-0.25, -0.2) is 8.42 Å². The number of benzene rings is 1. The van der Waals surface area contributed by atoms with Crippen molar-refractivity contribution in [2.24, 2.45) is 5.92 Å². The van der Waals surface area contributed by atoms with Gasteiger partial charge in [0.2, 0.25) is 5.91 Å². The van der Waals surface area contributed by atoms with Gasteiger partial charge >= 0.3 is 0 Å². The zero-order valence-corrected chi connectivity index (χ0v) is 15.6. The molecule has 7 nitrogen and oxygen atoms in total. The molecule has 4 rings (SSSR count). The summed E-state index contributed by atoms with van der Waals surface area (Å²) in [6.07, 6.45) is 2.77. The van der Waals surface area contributed by atoms with Gasteiger partial charge in [-0.3, -0.25) is 9.52 Å². The molecule has 0 spiro atoms. The van der Waals surface area contributed by atoms with Gasteiger partial charge in [-0.1, -0.05) is 11.2 Å². The maximum Gasteiger partial charge on any atom is 0.267 e. The van der Waals surface area contributed by atoms with E-state index in [4.69, 9.17) is 4.52 Å². The highest BCUT2D eigenvalue weighted by atomic mass is 32.2. The lowest BCUT2D eigenvalue weighted by Crippen LogP contribution is -2.36. The third kappa shape index (κ3) is 3.09. The smallest absolute Gasteiger partial charge is 0.267 e. The first-order valence-electron chi connectivity index (χ1n) is 8.71. The lowest BCUT2D eigenvalue weighted by Gasteiger charge is -2.29. The van der Waals surface area contributed by atoms with E-state index in [1.165, 1.54) is 0 Å². The Hall–Kier alpha value is -2.35. The Morgan fingerprint density at radius 2 is 2.04 bits per heavy atom. The van der Waals surface area contributed by atoms with Crippen LogP contribution in [0.4, 0.5) is 5.69 Å². The fourth-order valence-electron chi connectivity index (χ4n) is 3.46. The van der Waals surface area contributed by atoms with E-state index in [0.717, 1.165) is 36.9 Å². The lowest BCUT2D eigenvalue weighted by molar-refractivity contribution is -0.133. The summed E-state index contributed by atoms with van der Waals surface area (Å²) in [5.41, 5.74) is 2.95. The van der Waals surface area contributed by atoms with Crippen molar-refractivity contribution in [3.63, 3.8) is 0 Å². The largest absolute Gasteiger partial charge is 0.360 e. The van der Waals surface area contributed by atoms with Gasteiger partial charge < -0.3 is 9.42 Å². The van der Waals surface area contributed by atoms with E-state index < -0.39 is 10.0 Å². The summed E-state index contributed by atoms with van der Waals surface area (Å²) in [5, 5.41) is 3.71. The summed E-state index contributed by atoms with van der Waals surface area (Å²) in [4.78, 5) is 14.3. The van der Waals surface area contributed by atoms with Gasteiger partial charge in [0, 0.05) is 24.7 Å². The molecule has 2 aliphatic rings. The van der Waals surface area contributed by atoms with Crippen LogP contribution in [-0.2, 0) is 27.8 Å². The van der Waals surface area contributed by atoms with Crippen molar-refractivity contribution in [3.05, 3.63) is 40.8 Å². The molecule has 1 aliphatic heterocycles. The number of sulfonamides is 1. The molecule has 8 heteroatoms. The molecule has 0 bridgehead atoms. The number of aromatic nitrogens is 1.